The van der Waals surface area contributed by atoms with Gasteiger partial charge in [0, 0.05) is 7.11 Å². The van der Waals surface area contributed by atoms with Gasteiger partial charge in [-0.2, -0.15) is 21.6 Å². The fourth-order valence-electron chi connectivity index (χ4n) is 1.76. The number of hydrogen-bond donors (Lipinski definition) is 0. The van der Waals surface area contributed by atoms with E-state index < -0.39 is 46.4 Å². The van der Waals surface area contributed by atoms with Crippen molar-refractivity contribution >= 4 is 16.3 Å². The lowest BCUT2D eigenvalue weighted by molar-refractivity contribution is -0.234. The van der Waals surface area contributed by atoms with E-state index in [0.717, 1.165) is 7.11 Å². The molecule has 0 aliphatic carbocycles. The molecule has 12 heteroatoms. The predicted octanol–water partition coefficient (Wildman–Crippen LogP) is 0.128. The van der Waals surface area contributed by atoms with E-state index in [0.29, 0.717) is 0 Å². The van der Waals surface area contributed by atoms with E-state index in [1.807, 2.05) is 0 Å². The molecule has 8 nitrogen and oxygen atoms in total. The average molecular weight is 322 g/mol. The molecule has 4 atom stereocenters. The van der Waals surface area contributed by atoms with Crippen LogP contribution >= 0.6 is 0 Å². The number of methoxy groups -OCH3 is 1. The van der Waals surface area contributed by atoms with E-state index in [4.69, 9.17) is 4.74 Å². The Hall–Kier alpha value is -1.11. The van der Waals surface area contributed by atoms with Gasteiger partial charge < -0.3 is 18.9 Å². The highest BCUT2D eigenvalue weighted by atomic mass is 32.2. The average Bonchev–Trinajstić information content (AvgIpc) is 2.68. The Kier molecular flexibility index (Phi) is 3.83. The molecule has 0 aromatic carbocycles. The maximum Gasteiger partial charge on any atom is 0.523 e. The molecule has 2 aliphatic rings. The topological polar surface area (TPSA) is 97.4 Å². The van der Waals surface area contributed by atoms with Gasteiger partial charge in [-0.25, -0.2) is 4.79 Å². The summed E-state index contributed by atoms with van der Waals surface area (Å²) in [6.07, 6.45) is -6.88. The quantitative estimate of drug-likeness (QED) is 0.411. The molecule has 0 bridgehead atoms. The van der Waals surface area contributed by atoms with E-state index >= 15 is 0 Å². The lowest BCUT2D eigenvalue weighted by Gasteiger charge is -2.34. The van der Waals surface area contributed by atoms with Crippen molar-refractivity contribution in [3.05, 3.63) is 0 Å². The summed E-state index contributed by atoms with van der Waals surface area (Å²) < 4.78 is 81.8. The first-order chi connectivity index (χ1) is 9.15. The van der Waals surface area contributed by atoms with E-state index in [1.54, 1.807) is 0 Å². The molecule has 0 saturated carbocycles. The van der Waals surface area contributed by atoms with Gasteiger partial charge in [-0.3, -0.25) is 4.18 Å². The van der Waals surface area contributed by atoms with Crippen molar-refractivity contribution in [2.24, 2.45) is 0 Å². The highest BCUT2D eigenvalue weighted by molar-refractivity contribution is 7.87. The Morgan fingerprint density at radius 3 is 2.50 bits per heavy atom. The van der Waals surface area contributed by atoms with Gasteiger partial charge in [-0.05, 0) is 0 Å². The first-order valence-electron chi connectivity index (χ1n) is 5.17. The van der Waals surface area contributed by atoms with Crippen molar-refractivity contribution in [1.29, 1.82) is 0 Å². The summed E-state index contributed by atoms with van der Waals surface area (Å²) >= 11 is 0. The largest absolute Gasteiger partial charge is 0.523 e. The van der Waals surface area contributed by atoms with Gasteiger partial charge in [0.15, 0.2) is 24.6 Å². The van der Waals surface area contributed by atoms with Crippen LogP contribution in [0.4, 0.5) is 18.0 Å². The Morgan fingerprint density at radius 1 is 1.30 bits per heavy atom. The van der Waals surface area contributed by atoms with Crippen LogP contribution in [0.2, 0.25) is 0 Å². The molecule has 0 N–H and O–H groups in total. The third-order valence-corrected chi connectivity index (χ3v) is 3.66. The van der Waals surface area contributed by atoms with Crippen molar-refractivity contribution in [2.75, 3.05) is 13.7 Å². The summed E-state index contributed by atoms with van der Waals surface area (Å²) in [7, 11) is -4.83. The Bertz CT molecular complexity index is 488. The number of ether oxygens (including phenoxy) is 4. The number of carbonyl (C=O) groups is 1. The highest BCUT2D eigenvalue weighted by Crippen LogP contribution is 2.33. The molecule has 2 aliphatic heterocycles. The fourth-order valence-corrected chi connectivity index (χ4v) is 2.36. The highest BCUT2D eigenvalue weighted by Gasteiger charge is 2.56. The SMILES string of the molecule is CO[C@@H]1OC[C@H]2OC(=O)O[C@H]2[C@@H]1OS(=O)(=O)C(F)(F)F. The zero-order valence-electron chi connectivity index (χ0n) is 9.82. The van der Waals surface area contributed by atoms with Crippen molar-refractivity contribution in [2.45, 2.75) is 30.1 Å². The van der Waals surface area contributed by atoms with Crippen LogP contribution in [-0.4, -0.2) is 58.4 Å². The molecule has 0 unspecified atom stereocenters. The summed E-state index contributed by atoms with van der Waals surface area (Å²) in [4.78, 5) is 10.9. The van der Waals surface area contributed by atoms with Crippen LogP contribution in [0.25, 0.3) is 0 Å². The normalized spacial score (nSPS) is 34.3. The second kappa shape index (κ2) is 5.02. The molecule has 0 radical (unpaired) electrons. The minimum absolute atomic E-state index is 0.221. The molecule has 2 heterocycles. The van der Waals surface area contributed by atoms with E-state index in [2.05, 4.69) is 18.4 Å². The lowest BCUT2D eigenvalue weighted by Crippen LogP contribution is -2.54. The van der Waals surface area contributed by atoms with Crippen LogP contribution in [0.1, 0.15) is 0 Å². The van der Waals surface area contributed by atoms with E-state index in [9.17, 15) is 26.4 Å². The Labute approximate surface area is 110 Å². The number of halogens is 3. The molecule has 116 valence electrons. The lowest BCUT2D eigenvalue weighted by atomic mass is 10.1. The maximum absolute atomic E-state index is 12.3. The van der Waals surface area contributed by atoms with Crippen molar-refractivity contribution in [3.63, 3.8) is 0 Å². The smallest absolute Gasteiger partial charge is 0.424 e. The second-order valence-electron chi connectivity index (χ2n) is 3.89. The maximum atomic E-state index is 12.3. The minimum Gasteiger partial charge on any atom is -0.424 e. The van der Waals surface area contributed by atoms with Crippen molar-refractivity contribution in [1.82, 2.24) is 0 Å². The molecule has 0 aromatic heterocycles. The fraction of sp³-hybridized carbons (Fsp3) is 0.875. The predicted molar refractivity (Wildman–Crippen MR) is 51.7 cm³/mol. The van der Waals surface area contributed by atoms with Crippen molar-refractivity contribution < 1.29 is 49.5 Å². The standard InChI is InChI=1S/C8H9F3O8S/c1-15-6-5(19-20(13,14)8(9,10)11)4-3(2-16-6)17-7(12)18-4/h3-6H,2H2,1H3/t3-,4-,5+,6-/m1/s1. The summed E-state index contributed by atoms with van der Waals surface area (Å²) in [5.74, 6) is 0. The molecule has 0 aromatic rings. The van der Waals surface area contributed by atoms with Gasteiger partial charge in [-0.15, -0.1) is 0 Å². The molecule has 2 rings (SSSR count). The molecule has 2 saturated heterocycles. The summed E-state index contributed by atoms with van der Waals surface area (Å²) in [5, 5.41) is 0. The van der Waals surface area contributed by atoms with Crippen LogP contribution in [0.3, 0.4) is 0 Å². The molecular formula is C8H9F3O8S. The van der Waals surface area contributed by atoms with Crippen LogP contribution in [0.5, 0.6) is 0 Å². The number of hydrogen-bond acceptors (Lipinski definition) is 8. The van der Waals surface area contributed by atoms with Gasteiger partial charge in [0.1, 0.15) is 0 Å². The number of alkyl halides is 3. The molecule has 2 fully saturated rings. The zero-order valence-corrected chi connectivity index (χ0v) is 10.6. The van der Waals surface area contributed by atoms with E-state index in [1.165, 1.54) is 0 Å². The van der Waals surface area contributed by atoms with Crippen LogP contribution in [-0.2, 0) is 33.2 Å². The second-order valence-corrected chi connectivity index (χ2v) is 5.45. The minimum atomic E-state index is -5.90. The third kappa shape index (κ3) is 2.68. The van der Waals surface area contributed by atoms with Crippen molar-refractivity contribution in [3.8, 4) is 0 Å². The van der Waals surface area contributed by atoms with Gasteiger partial charge in [0.2, 0.25) is 0 Å². The van der Waals surface area contributed by atoms with Gasteiger partial charge in [-0.1, -0.05) is 0 Å². The Morgan fingerprint density at radius 2 is 1.95 bits per heavy atom. The van der Waals surface area contributed by atoms with Crippen LogP contribution in [0.15, 0.2) is 0 Å². The third-order valence-electron chi connectivity index (χ3n) is 2.62. The molecule has 20 heavy (non-hydrogen) atoms. The monoisotopic (exact) mass is 322 g/mol. The molecular weight excluding hydrogens is 313 g/mol. The van der Waals surface area contributed by atoms with Gasteiger partial charge >= 0.3 is 21.8 Å². The zero-order chi connectivity index (χ0) is 15.1. The van der Waals surface area contributed by atoms with E-state index in [-0.39, 0.29) is 6.61 Å². The number of rotatable bonds is 3. The van der Waals surface area contributed by atoms with Gasteiger partial charge in [0.05, 0.1) is 6.61 Å². The van der Waals surface area contributed by atoms with Gasteiger partial charge in [0.25, 0.3) is 0 Å². The molecule has 0 amide bonds. The number of carbonyl (C=O) groups excluding carboxylic acids is 1. The summed E-state index contributed by atoms with van der Waals surface area (Å²) in [6, 6.07) is 0. The van der Waals surface area contributed by atoms with Crippen LogP contribution < -0.4 is 0 Å². The first-order valence-corrected chi connectivity index (χ1v) is 6.58. The first kappa shape index (κ1) is 15.3. The Balaban J connectivity index is 2.23. The molecule has 0 spiro atoms. The number of fused-ring (bicyclic) bond motifs is 1. The summed E-state index contributed by atoms with van der Waals surface area (Å²) in [5.41, 5.74) is -5.62. The summed E-state index contributed by atoms with van der Waals surface area (Å²) in [6.45, 7) is -0.221. The van der Waals surface area contributed by atoms with Crippen LogP contribution in [0, 0.1) is 0 Å².